The third-order valence-electron chi connectivity index (χ3n) is 3.63. The van der Waals surface area contributed by atoms with Crippen molar-refractivity contribution in [1.82, 2.24) is 9.62 Å². The second kappa shape index (κ2) is 7.94. The Hall–Kier alpha value is -1.97. The number of nitrogens with zero attached hydrogens (tertiary/aromatic N) is 1. The first-order valence-electron chi connectivity index (χ1n) is 7.94. The van der Waals surface area contributed by atoms with Crippen LogP contribution in [0.25, 0.3) is 0 Å². The van der Waals surface area contributed by atoms with Crippen LogP contribution in [0.1, 0.15) is 30.6 Å². The Morgan fingerprint density at radius 3 is 2.52 bits per heavy atom. The number of aliphatic carboxylic acids is 1. The lowest BCUT2D eigenvalue weighted by Crippen LogP contribution is -2.46. The van der Waals surface area contributed by atoms with Crippen LogP contribution in [-0.2, 0) is 19.6 Å². The largest absolute Gasteiger partial charge is 0.481 e. The maximum Gasteiger partial charge on any atom is 0.306 e. The van der Waals surface area contributed by atoms with Crippen LogP contribution in [0.3, 0.4) is 0 Å². The third-order valence-corrected chi connectivity index (χ3v) is 5.31. The number of morpholine rings is 1. The van der Waals surface area contributed by atoms with E-state index in [9.17, 15) is 18.0 Å². The van der Waals surface area contributed by atoms with E-state index < -0.39 is 22.1 Å². The van der Waals surface area contributed by atoms with Crippen molar-refractivity contribution >= 4 is 21.9 Å². The van der Waals surface area contributed by atoms with Crippen molar-refractivity contribution in [1.29, 1.82) is 0 Å². The number of hydrogen-bond donors (Lipinski definition) is 2. The number of sulfonamides is 1. The summed E-state index contributed by atoms with van der Waals surface area (Å²) in [5, 5.41) is 8.83. The van der Waals surface area contributed by atoms with Gasteiger partial charge in [0.15, 0.2) is 0 Å². The van der Waals surface area contributed by atoms with E-state index >= 15 is 0 Å². The molecule has 2 N–H and O–H groups in total. The fraction of sp³-hybridized carbons (Fsp3) is 0.500. The van der Waals surface area contributed by atoms with E-state index in [1.165, 1.54) is 29.2 Å². The minimum atomic E-state index is -3.61. The standard InChI is InChI=1S/C16H22N2O6S/c1-11(2)17-25(22,23)14-5-3-12(4-6-14)16(21)18-7-8-24-13(10-18)9-15(19)20/h3-6,11,13,17H,7-10H2,1-2H3,(H,19,20). The minimum Gasteiger partial charge on any atom is -0.481 e. The van der Waals surface area contributed by atoms with Crippen molar-refractivity contribution in [2.45, 2.75) is 37.3 Å². The van der Waals surface area contributed by atoms with E-state index in [1.54, 1.807) is 13.8 Å². The molecule has 0 saturated carbocycles. The average Bonchev–Trinajstić information content (AvgIpc) is 2.53. The van der Waals surface area contributed by atoms with Gasteiger partial charge in [-0.15, -0.1) is 0 Å². The lowest BCUT2D eigenvalue weighted by atomic mass is 10.1. The van der Waals surface area contributed by atoms with Crippen LogP contribution < -0.4 is 4.72 Å². The van der Waals surface area contributed by atoms with Crippen LogP contribution >= 0.6 is 0 Å². The maximum absolute atomic E-state index is 12.5. The van der Waals surface area contributed by atoms with E-state index in [4.69, 9.17) is 9.84 Å². The number of ether oxygens (including phenoxy) is 1. The van der Waals surface area contributed by atoms with Gasteiger partial charge in [-0.05, 0) is 38.1 Å². The molecular formula is C16H22N2O6S. The first-order chi connectivity index (χ1) is 11.7. The normalized spacial score (nSPS) is 18.4. The number of carbonyl (C=O) groups is 2. The van der Waals surface area contributed by atoms with E-state index in [0.29, 0.717) is 12.1 Å². The Morgan fingerprint density at radius 1 is 1.32 bits per heavy atom. The molecule has 9 heteroatoms. The minimum absolute atomic E-state index is 0.0866. The number of amides is 1. The van der Waals surface area contributed by atoms with Crippen LogP contribution in [0.15, 0.2) is 29.2 Å². The van der Waals surface area contributed by atoms with Gasteiger partial charge < -0.3 is 14.7 Å². The van der Waals surface area contributed by atoms with Gasteiger partial charge in [0, 0.05) is 24.7 Å². The van der Waals surface area contributed by atoms with Gasteiger partial charge in [-0.1, -0.05) is 0 Å². The molecule has 1 unspecified atom stereocenters. The van der Waals surface area contributed by atoms with Crippen molar-refractivity contribution in [3.8, 4) is 0 Å². The van der Waals surface area contributed by atoms with Crippen molar-refractivity contribution in [3.63, 3.8) is 0 Å². The van der Waals surface area contributed by atoms with E-state index in [0.717, 1.165) is 0 Å². The summed E-state index contributed by atoms with van der Waals surface area (Å²) in [7, 11) is -3.61. The van der Waals surface area contributed by atoms with Gasteiger partial charge in [-0.3, -0.25) is 9.59 Å². The van der Waals surface area contributed by atoms with Crippen molar-refractivity contribution in [3.05, 3.63) is 29.8 Å². The lowest BCUT2D eigenvalue weighted by Gasteiger charge is -2.32. The SMILES string of the molecule is CC(C)NS(=O)(=O)c1ccc(C(=O)N2CCOC(CC(=O)O)C2)cc1. The Bertz CT molecular complexity index is 729. The molecule has 8 nitrogen and oxygen atoms in total. The third kappa shape index (κ3) is 5.25. The number of carboxylic acid groups (broad SMARTS) is 1. The molecule has 1 fully saturated rings. The lowest BCUT2D eigenvalue weighted by molar-refractivity contribution is -0.141. The van der Waals surface area contributed by atoms with Crippen LogP contribution in [-0.4, -0.2) is 62.1 Å². The Morgan fingerprint density at radius 2 is 1.96 bits per heavy atom. The molecule has 0 spiro atoms. The van der Waals surface area contributed by atoms with Crippen molar-refractivity contribution in [2.75, 3.05) is 19.7 Å². The van der Waals surface area contributed by atoms with Crippen molar-refractivity contribution in [2.24, 2.45) is 0 Å². The molecule has 1 aromatic carbocycles. The summed E-state index contributed by atoms with van der Waals surface area (Å²) < 4.78 is 32.0. The molecular weight excluding hydrogens is 348 g/mol. The first kappa shape index (κ1) is 19.4. The predicted octanol–water partition coefficient (Wildman–Crippen LogP) is 0.689. The number of nitrogens with one attached hydrogen (secondary N) is 1. The highest BCUT2D eigenvalue weighted by molar-refractivity contribution is 7.89. The summed E-state index contributed by atoms with van der Waals surface area (Å²) in [6.07, 6.45) is -0.702. The Balaban J connectivity index is 2.08. The monoisotopic (exact) mass is 370 g/mol. The molecule has 138 valence electrons. The van der Waals surface area contributed by atoms with Crippen molar-refractivity contribution < 1.29 is 27.9 Å². The Kier molecular flexibility index (Phi) is 6.15. The highest BCUT2D eigenvalue weighted by atomic mass is 32.2. The average molecular weight is 370 g/mol. The van der Waals surface area contributed by atoms with Gasteiger partial charge in [0.25, 0.3) is 5.91 Å². The number of benzene rings is 1. The number of hydrogen-bond acceptors (Lipinski definition) is 5. The van der Waals surface area contributed by atoms with Gasteiger partial charge in [-0.25, -0.2) is 13.1 Å². The van der Waals surface area contributed by atoms with Gasteiger partial charge in [-0.2, -0.15) is 0 Å². The summed E-state index contributed by atoms with van der Waals surface area (Å²) in [6, 6.07) is 5.45. The number of carbonyl (C=O) groups excluding carboxylic acids is 1. The summed E-state index contributed by atoms with van der Waals surface area (Å²) in [4.78, 5) is 24.9. The molecule has 0 radical (unpaired) electrons. The highest BCUT2D eigenvalue weighted by Gasteiger charge is 2.27. The smallest absolute Gasteiger partial charge is 0.306 e. The number of rotatable bonds is 6. The fourth-order valence-electron chi connectivity index (χ4n) is 2.56. The second-order valence-electron chi connectivity index (χ2n) is 6.14. The van der Waals surface area contributed by atoms with Gasteiger partial charge in [0.05, 0.1) is 24.0 Å². The molecule has 0 aromatic heterocycles. The quantitative estimate of drug-likeness (QED) is 0.762. The summed E-state index contributed by atoms with van der Waals surface area (Å²) in [5.41, 5.74) is 0.347. The fourth-order valence-corrected chi connectivity index (χ4v) is 3.81. The number of carboxylic acids is 1. The van der Waals surface area contributed by atoms with Crippen LogP contribution in [0.2, 0.25) is 0 Å². The molecule has 0 aliphatic carbocycles. The molecule has 1 heterocycles. The molecule has 1 atom stereocenters. The molecule has 0 bridgehead atoms. The molecule has 1 aliphatic heterocycles. The zero-order valence-corrected chi connectivity index (χ0v) is 15.0. The molecule has 25 heavy (non-hydrogen) atoms. The predicted molar refractivity (Wildman–Crippen MR) is 89.8 cm³/mol. The van der Waals surface area contributed by atoms with Gasteiger partial charge in [0.1, 0.15) is 0 Å². The topological polar surface area (TPSA) is 113 Å². The molecule has 2 rings (SSSR count). The zero-order chi connectivity index (χ0) is 18.6. The summed E-state index contributed by atoms with van der Waals surface area (Å²) >= 11 is 0. The van der Waals surface area contributed by atoms with E-state index in [1.807, 2.05) is 0 Å². The second-order valence-corrected chi connectivity index (χ2v) is 7.86. The van der Waals surface area contributed by atoms with E-state index in [-0.39, 0.29) is 36.4 Å². The van der Waals surface area contributed by atoms with E-state index in [2.05, 4.69) is 4.72 Å². The maximum atomic E-state index is 12.5. The first-order valence-corrected chi connectivity index (χ1v) is 9.42. The molecule has 1 aromatic rings. The molecule has 1 aliphatic rings. The molecule has 1 amide bonds. The van der Waals surface area contributed by atoms with Crippen LogP contribution in [0, 0.1) is 0 Å². The molecule has 1 saturated heterocycles. The van der Waals surface area contributed by atoms with Gasteiger partial charge >= 0.3 is 5.97 Å². The van der Waals surface area contributed by atoms with Gasteiger partial charge in [0.2, 0.25) is 10.0 Å². The summed E-state index contributed by atoms with van der Waals surface area (Å²) in [6.45, 7) is 4.28. The Labute approximate surface area is 146 Å². The summed E-state index contributed by atoms with van der Waals surface area (Å²) in [5.74, 6) is -1.26. The highest BCUT2D eigenvalue weighted by Crippen LogP contribution is 2.16. The van der Waals surface area contributed by atoms with Crippen LogP contribution in [0.5, 0.6) is 0 Å². The zero-order valence-electron chi connectivity index (χ0n) is 14.1. The van der Waals surface area contributed by atoms with Crippen LogP contribution in [0.4, 0.5) is 0 Å².